The third kappa shape index (κ3) is 4.65. The quantitative estimate of drug-likeness (QED) is 0.777. The highest BCUT2D eigenvalue weighted by molar-refractivity contribution is 9.10. The van der Waals surface area contributed by atoms with Crippen LogP contribution in [0, 0.1) is 0 Å². The second kappa shape index (κ2) is 7.90. The lowest BCUT2D eigenvalue weighted by molar-refractivity contribution is 0.211. The molecule has 0 spiro atoms. The Morgan fingerprint density at radius 3 is 2.52 bits per heavy atom. The van der Waals surface area contributed by atoms with E-state index >= 15 is 0 Å². The van der Waals surface area contributed by atoms with E-state index in [2.05, 4.69) is 15.9 Å². The molecule has 0 aliphatic carbocycles. The number of methoxy groups -OCH3 is 1. The molecule has 0 saturated heterocycles. The minimum absolute atomic E-state index is 0.427. The number of benzene rings is 2. The molecule has 2 N–H and O–H groups in total. The molecule has 4 nitrogen and oxygen atoms in total. The summed E-state index contributed by atoms with van der Waals surface area (Å²) in [5, 5.41) is 0. The van der Waals surface area contributed by atoms with Crippen LogP contribution in [0.1, 0.15) is 5.56 Å². The number of rotatable bonds is 7. The van der Waals surface area contributed by atoms with Gasteiger partial charge in [0.1, 0.15) is 19.0 Å². The van der Waals surface area contributed by atoms with Gasteiger partial charge in [-0.25, -0.2) is 0 Å². The Hall–Kier alpha value is -1.72. The fourth-order valence-electron chi connectivity index (χ4n) is 1.83. The van der Waals surface area contributed by atoms with Gasteiger partial charge in [0.05, 0.1) is 7.11 Å². The molecule has 21 heavy (non-hydrogen) atoms. The molecule has 0 radical (unpaired) electrons. The third-order valence-corrected chi connectivity index (χ3v) is 3.36. The summed E-state index contributed by atoms with van der Waals surface area (Å²) in [6.07, 6.45) is 0. The molecule has 0 atom stereocenters. The van der Waals surface area contributed by atoms with E-state index in [1.54, 1.807) is 7.11 Å². The Kier molecular flexibility index (Phi) is 5.90. The van der Waals surface area contributed by atoms with Crippen LogP contribution in [-0.4, -0.2) is 20.3 Å². The highest BCUT2D eigenvalue weighted by Gasteiger charge is 2.05. The topological polar surface area (TPSA) is 53.7 Å². The molecule has 0 aromatic heterocycles. The van der Waals surface area contributed by atoms with Crippen molar-refractivity contribution in [1.29, 1.82) is 0 Å². The van der Waals surface area contributed by atoms with Crippen LogP contribution in [0.15, 0.2) is 46.9 Å². The Balaban J connectivity index is 1.88. The molecule has 0 heterocycles. The van der Waals surface area contributed by atoms with Crippen molar-refractivity contribution in [2.45, 2.75) is 6.54 Å². The van der Waals surface area contributed by atoms with Gasteiger partial charge in [-0.1, -0.05) is 28.1 Å². The second-order valence-electron chi connectivity index (χ2n) is 4.34. The molecule has 0 amide bonds. The first-order chi connectivity index (χ1) is 10.2. The summed E-state index contributed by atoms with van der Waals surface area (Å²) in [4.78, 5) is 0. The van der Waals surface area contributed by atoms with Crippen molar-refractivity contribution in [3.05, 3.63) is 52.5 Å². The average Bonchev–Trinajstić information content (AvgIpc) is 2.51. The molecule has 0 unspecified atom stereocenters. The van der Waals surface area contributed by atoms with Gasteiger partial charge in [0.15, 0.2) is 11.5 Å². The Morgan fingerprint density at radius 2 is 1.81 bits per heavy atom. The molecule has 5 heteroatoms. The van der Waals surface area contributed by atoms with Crippen molar-refractivity contribution in [2.24, 2.45) is 5.73 Å². The Bertz CT molecular complexity index is 589. The van der Waals surface area contributed by atoms with Crippen molar-refractivity contribution in [2.75, 3.05) is 20.3 Å². The molecule has 0 saturated carbocycles. The fourth-order valence-corrected chi connectivity index (χ4v) is 2.21. The number of hydrogen-bond acceptors (Lipinski definition) is 4. The van der Waals surface area contributed by atoms with Crippen LogP contribution in [0.4, 0.5) is 0 Å². The monoisotopic (exact) mass is 351 g/mol. The van der Waals surface area contributed by atoms with E-state index in [4.69, 9.17) is 19.9 Å². The number of ether oxygens (including phenoxy) is 3. The van der Waals surface area contributed by atoms with Gasteiger partial charge in [-0.3, -0.25) is 0 Å². The van der Waals surface area contributed by atoms with Gasteiger partial charge in [-0.15, -0.1) is 0 Å². The summed E-state index contributed by atoms with van der Waals surface area (Å²) in [6.45, 7) is 1.35. The smallest absolute Gasteiger partial charge is 0.161 e. The second-order valence-corrected chi connectivity index (χ2v) is 5.26. The maximum atomic E-state index is 5.71. The first-order valence-electron chi connectivity index (χ1n) is 6.61. The minimum Gasteiger partial charge on any atom is -0.493 e. The van der Waals surface area contributed by atoms with E-state index in [9.17, 15) is 0 Å². The van der Waals surface area contributed by atoms with Gasteiger partial charge in [0, 0.05) is 11.0 Å². The lowest BCUT2D eigenvalue weighted by atomic mass is 10.2. The molecule has 0 aliphatic heterocycles. The molecule has 2 aromatic carbocycles. The van der Waals surface area contributed by atoms with Crippen LogP contribution in [0.2, 0.25) is 0 Å². The molecule has 0 bridgehead atoms. The first kappa shape index (κ1) is 15.7. The highest BCUT2D eigenvalue weighted by atomic mass is 79.9. The summed E-state index contributed by atoms with van der Waals surface area (Å²) in [7, 11) is 1.61. The Labute approximate surface area is 132 Å². The molecule has 0 fully saturated rings. The van der Waals surface area contributed by atoms with Crippen LogP contribution in [0.25, 0.3) is 0 Å². The van der Waals surface area contributed by atoms with Crippen LogP contribution in [0.3, 0.4) is 0 Å². The van der Waals surface area contributed by atoms with Crippen molar-refractivity contribution >= 4 is 15.9 Å². The maximum Gasteiger partial charge on any atom is 0.161 e. The van der Waals surface area contributed by atoms with Gasteiger partial charge in [0.25, 0.3) is 0 Å². The Morgan fingerprint density at radius 1 is 1.00 bits per heavy atom. The summed E-state index contributed by atoms with van der Waals surface area (Å²) < 4.78 is 17.6. The molecule has 0 aliphatic rings. The van der Waals surface area contributed by atoms with Crippen molar-refractivity contribution in [3.8, 4) is 17.2 Å². The van der Waals surface area contributed by atoms with Crippen LogP contribution >= 0.6 is 15.9 Å². The lowest BCUT2D eigenvalue weighted by Gasteiger charge is -2.12. The summed E-state index contributed by atoms with van der Waals surface area (Å²) in [5.74, 6) is 2.17. The summed E-state index contributed by atoms with van der Waals surface area (Å²) >= 11 is 3.40. The zero-order chi connectivity index (χ0) is 15.1. The number of nitrogens with two attached hydrogens (primary N) is 1. The van der Waals surface area contributed by atoms with E-state index in [1.165, 1.54) is 0 Å². The van der Waals surface area contributed by atoms with Gasteiger partial charge in [-0.2, -0.15) is 0 Å². The zero-order valence-corrected chi connectivity index (χ0v) is 13.4. The van der Waals surface area contributed by atoms with E-state index < -0.39 is 0 Å². The van der Waals surface area contributed by atoms with Gasteiger partial charge >= 0.3 is 0 Å². The molecular formula is C16H18BrNO3. The molecule has 2 rings (SSSR count). The molecule has 112 valence electrons. The summed E-state index contributed by atoms with van der Waals surface area (Å²) in [5.41, 5.74) is 6.63. The predicted octanol–water partition coefficient (Wildman–Crippen LogP) is 3.37. The van der Waals surface area contributed by atoms with E-state index in [-0.39, 0.29) is 0 Å². The van der Waals surface area contributed by atoms with E-state index in [1.807, 2.05) is 42.5 Å². The van der Waals surface area contributed by atoms with Gasteiger partial charge in [0.2, 0.25) is 0 Å². The third-order valence-electron chi connectivity index (χ3n) is 2.87. The van der Waals surface area contributed by atoms with Crippen LogP contribution < -0.4 is 19.9 Å². The van der Waals surface area contributed by atoms with E-state index in [0.717, 1.165) is 15.8 Å². The standard InChI is InChI=1S/C16H18BrNO3/c1-19-15-6-5-12(11-18)9-16(15)21-8-7-20-14-4-2-3-13(17)10-14/h2-6,9-10H,7-8,11,18H2,1H3. The van der Waals surface area contributed by atoms with Gasteiger partial charge < -0.3 is 19.9 Å². The SMILES string of the molecule is COc1ccc(CN)cc1OCCOc1cccc(Br)c1. The van der Waals surface area contributed by atoms with Gasteiger partial charge in [-0.05, 0) is 35.9 Å². The molecular weight excluding hydrogens is 334 g/mol. The average molecular weight is 352 g/mol. The normalized spacial score (nSPS) is 10.2. The van der Waals surface area contributed by atoms with Crippen molar-refractivity contribution in [1.82, 2.24) is 0 Å². The number of halogens is 1. The zero-order valence-electron chi connectivity index (χ0n) is 11.8. The number of hydrogen-bond donors (Lipinski definition) is 1. The fraction of sp³-hybridized carbons (Fsp3) is 0.250. The van der Waals surface area contributed by atoms with Crippen molar-refractivity contribution in [3.63, 3.8) is 0 Å². The first-order valence-corrected chi connectivity index (χ1v) is 7.40. The molecule has 2 aromatic rings. The predicted molar refractivity (Wildman–Crippen MR) is 86.0 cm³/mol. The van der Waals surface area contributed by atoms with Crippen LogP contribution in [-0.2, 0) is 6.54 Å². The maximum absolute atomic E-state index is 5.71. The largest absolute Gasteiger partial charge is 0.493 e. The van der Waals surface area contributed by atoms with Crippen LogP contribution in [0.5, 0.6) is 17.2 Å². The summed E-state index contributed by atoms with van der Waals surface area (Å²) in [6, 6.07) is 13.4. The van der Waals surface area contributed by atoms with E-state index in [0.29, 0.717) is 31.3 Å². The minimum atomic E-state index is 0.427. The lowest BCUT2D eigenvalue weighted by Crippen LogP contribution is -2.10. The van der Waals surface area contributed by atoms with Crippen molar-refractivity contribution < 1.29 is 14.2 Å². The highest BCUT2D eigenvalue weighted by Crippen LogP contribution is 2.28.